The molecule has 9 heteroatoms. The van der Waals surface area contributed by atoms with Crippen LogP contribution in [0, 0.1) is 6.92 Å². The number of fused-ring (bicyclic) bond motifs is 5. The highest BCUT2D eigenvalue weighted by Crippen LogP contribution is 2.48. The molecule has 200 valence electrons. The molecule has 0 bridgehead atoms. The normalized spacial score (nSPS) is 16.3. The zero-order valence-corrected chi connectivity index (χ0v) is 22.0. The van der Waals surface area contributed by atoms with Crippen LogP contribution in [0.25, 0.3) is 5.69 Å². The van der Waals surface area contributed by atoms with Gasteiger partial charge in [0.25, 0.3) is 0 Å². The number of para-hydroxylation sites is 3. The molecule has 1 atom stereocenters. The zero-order chi connectivity index (χ0) is 27.5. The number of aromatic hydroxyl groups is 1. The molecule has 41 heavy (non-hydrogen) atoms. The van der Waals surface area contributed by atoms with E-state index in [1.54, 1.807) is 12.1 Å². The van der Waals surface area contributed by atoms with Crippen molar-refractivity contribution in [2.45, 2.75) is 13.0 Å². The number of aromatic nitrogens is 2. The third kappa shape index (κ3) is 3.74. The minimum absolute atomic E-state index is 0.193. The van der Waals surface area contributed by atoms with Crippen molar-refractivity contribution in [3.63, 3.8) is 0 Å². The number of hydrogen-bond acceptors (Lipinski definition) is 8. The van der Waals surface area contributed by atoms with Crippen LogP contribution in [0.4, 0.5) is 22.9 Å². The lowest BCUT2D eigenvalue weighted by Gasteiger charge is -2.40. The maximum atomic E-state index is 10.5. The number of aliphatic imine (C=N–C) groups is 2. The Morgan fingerprint density at radius 2 is 1.68 bits per heavy atom. The monoisotopic (exact) mass is 540 g/mol. The number of ether oxygens (including phenoxy) is 2. The Hall–Kier alpha value is -5.57. The van der Waals surface area contributed by atoms with Gasteiger partial charge in [0.15, 0.2) is 29.0 Å². The quantitative estimate of drug-likeness (QED) is 0.275. The molecule has 3 aliphatic rings. The summed E-state index contributed by atoms with van der Waals surface area (Å²) in [6.07, 6.45) is 0. The molecule has 0 spiro atoms. The molecule has 1 aromatic heterocycles. The summed E-state index contributed by atoms with van der Waals surface area (Å²) < 4.78 is 13.0. The molecule has 3 aliphatic heterocycles. The van der Waals surface area contributed by atoms with E-state index in [1.807, 2.05) is 96.5 Å². The third-order valence-corrected chi connectivity index (χ3v) is 7.46. The Kier molecular flexibility index (Phi) is 5.11. The van der Waals surface area contributed by atoms with Crippen molar-refractivity contribution in [3.05, 3.63) is 114 Å². The largest absolute Gasteiger partial charge is 0.508 e. The van der Waals surface area contributed by atoms with E-state index in [1.165, 1.54) is 0 Å². The van der Waals surface area contributed by atoms with Gasteiger partial charge in [0.1, 0.15) is 5.75 Å². The summed E-state index contributed by atoms with van der Waals surface area (Å²) in [5.74, 6) is 3.51. The van der Waals surface area contributed by atoms with Crippen molar-refractivity contribution < 1.29 is 14.6 Å². The SMILES string of the molecule is Cc1nn(-c2ccccc2)c2c1C(c1cccc(O)c1)N1C(=N2)C(Nc2ccc3c(c2)OCO3)=Nc2ccccc21. The topological polar surface area (TPSA) is 96.5 Å². The molecular formula is C32H24N6O3. The van der Waals surface area contributed by atoms with Gasteiger partial charge in [-0.25, -0.2) is 14.7 Å². The Labute approximate surface area is 235 Å². The standard InChI is InChI=1S/C32H24N6O3/c1-19-28-29(20-8-7-11-23(39)16-20)37-25-13-6-5-12-24(25)34-30(33-21-14-15-26-27(17-21)41-18-40-26)32(37)35-31(28)38(36-19)22-9-3-2-4-10-22/h2-17,29,39H,18H2,1H3,(H,33,34). The smallest absolute Gasteiger partial charge is 0.231 e. The summed E-state index contributed by atoms with van der Waals surface area (Å²) in [4.78, 5) is 12.5. The molecule has 0 aliphatic carbocycles. The van der Waals surface area contributed by atoms with Gasteiger partial charge >= 0.3 is 0 Å². The Morgan fingerprint density at radius 3 is 2.56 bits per heavy atom. The first kappa shape index (κ1) is 23.3. The van der Waals surface area contributed by atoms with Crippen molar-refractivity contribution in [1.29, 1.82) is 0 Å². The van der Waals surface area contributed by atoms with E-state index < -0.39 is 0 Å². The lowest BCUT2D eigenvalue weighted by atomic mass is 9.93. The summed E-state index contributed by atoms with van der Waals surface area (Å²) in [5, 5.41) is 19.0. The first-order chi connectivity index (χ1) is 20.1. The second-order valence-electron chi connectivity index (χ2n) is 10.0. The fourth-order valence-electron chi connectivity index (χ4n) is 5.67. The van der Waals surface area contributed by atoms with E-state index in [2.05, 4.69) is 10.2 Å². The summed E-state index contributed by atoms with van der Waals surface area (Å²) >= 11 is 0. The fourth-order valence-corrected chi connectivity index (χ4v) is 5.67. The molecule has 1 unspecified atom stereocenters. The molecule has 0 saturated heterocycles. The lowest BCUT2D eigenvalue weighted by Crippen LogP contribution is -2.46. The van der Waals surface area contributed by atoms with Gasteiger partial charge in [-0.2, -0.15) is 5.10 Å². The second kappa shape index (κ2) is 8.99. The minimum Gasteiger partial charge on any atom is -0.508 e. The van der Waals surface area contributed by atoms with Crippen LogP contribution in [0.1, 0.15) is 22.9 Å². The molecule has 4 aromatic carbocycles. The number of aryl methyl sites for hydroxylation is 1. The number of phenolic OH excluding ortho intramolecular Hbond substituents is 1. The second-order valence-corrected chi connectivity index (χ2v) is 10.0. The average molecular weight is 541 g/mol. The first-order valence-corrected chi connectivity index (χ1v) is 13.3. The fraction of sp³-hybridized carbons (Fsp3) is 0.0938. The maximum Gasteiger partial charge on any atom is 0.231 e. The van der Waals surface area contributed by atoms with E-state index in [0.29, 0.717) is 29.0 Å². The van der Waals surface area contributed by atoms with Gasteiger partial charge in [0, 0.05) is 17.3 Å². The predicted octanol–water partition coefficient (Wildman–Crippen LogP) is 6.41. The van der Waals surface area contributed by atoms with E-state index in [9.17, 15) is 5.11 Å². The first-order valence-electron chi connectivity index (χ1n) is 13.3. The molecule has 0 saturated carbocycles. The Bertz CT molecular complexity index is 1900. The van der Waals surface area contributed by atoms with Crippen molar-refractivity contribution in [1.82, 2.24) is 9.78 Å². The van der Waals surface area contributed by atoms with Gasteiger partial charge in [0.05, 0.1) is 28.8 Å². The molecule has 9 nitrogen and oxygen atoms in total. The lowest BCUT2D eigenvalue weighted by molar-refractivity contribution is 0.174. The van der Waals surface area contributed by atoms with Crippen LogP contribution in [-0.4, -0.2) is 33.4 Å². The van der Waals surface area contributed by atoms with Crippen LogP contribution in [0.5, 0.6) is 17.2 Å². The van der Waals surface area contributed by atoms with Gasteiger partial charge in [-0.15, -0.1) is 0 Å². The summed E-state index contributed by atoms with van der Waals surface area (Å²) in [5.41, 5.74) is 6.14. The highest BCUT2D eigenvalue weighted by atomic mass is 16.7. The molecule has 0 fully saturated rings. The van der Waals surface area contributed by atoms with Crippen LogP contribution in [-0.2, 0) is 0 Å². The zero-order valence-electron chi connectivity index (χ0n) is 22.0. The molecular weight excluding hydrogens is 516 g/mol. The van der Waals surface area contributed by atoms with Gasteiger partial charge in [-0.05, 0) is 61.0 Å². The number of nitrogens with one attached hydrogen (secondary N) is 1. The Morgan fingerprint density at radius 1 is 0.854 bits per heavy atom. The van der Waals surface area contributed by atoms with Crippen LogP contribution in [0.2, 0.25) is 0 Å². The predicted molar refractivity (Wildman–Crippen MR) is 158 cm³/mol. The number of amidine groups is 2. The maximum absolute atomic E-state index is 10.5. The molecule has 2 N–H and O–H groups in total. The van der Waals surface area contributed by atoms with E-state index in [-0.39, 0.29) is 18.6 Å². The number of rotatable bonds is 3. The van der Waals surface area contributed by atoms with Crippen molar-refractivity contribution in [2.24, 2.45) is 9.98 Å². The average Bonchev–Trinajstić information content (AvgIpc) is 3.60. The number of nitrogens with zero attached hydrogens (tertiary/aromatic N) is 5. The van der Waals surface area contributed by atoms with Crippen LogP contribution in [0.3, 0.4) is 0 Å². The number of benzene rings is 4. The molecule has 4 heterocycles. The van der Waals surface area contributed by atoms with Gasteiger partial charge < -0.3 is 24.8 Å². The molecule has 5 aromatic rings. The van der Waals surface area contributed by atoms with E-state index in [4.69, 9.17) is 24.6 Å². The molecule has 0 amide bonds. The van der Waals surface area contributed by atoms with Gasteiger partial charge in [0.2, 0.25) is 6.79 Å². The minimum atomic E-state index is -0.327. The van der Waals surface area contributed by atoms with Crippen LogP contribution in [0.15, 0.2) is 107 Å². The van der Waals surface area contributed by atoms with Crippen molar-refractivity contribution >= 4 is 34.6 Å². The summed E-state index contributed by atoms with van der Waals surface area (Å²) in [7, 11) is 0. The molecule has 0 radical (unpaired) electrons. The van der Waals surface area contributed by atoms with Crippen molar-refractivity contribution in [3.8, 4) is 22.9 Å². The Balaban J connectivity index is 1.37. The summed E-state index contributed by atoms with van der Waals surface area (Å²) in [6.45, 7) is 2.20. The van der Waals surface area contributed by atoms with Gasteiger partial charge in [-0.3, -0.25) is 0 Å². The number of hydrogen-bond donors (Lipinski definition) is 2. The highest BCUT2D eigenvalue weighted by molar-refractivity contribution is 6.51. The van der Waals surface area contributed by atoms with Crippen LogP contribution < -0.4 is 19.7 Å². The van der Waals surface area contributed by atoms with Crippen LogP contribution >= 0.6 is 0 Å². The van der Waals surface area contributed by atoms with Gasteiger partial charge in [-0.1, -0.05) is 42.5 Å². The highest BCUT2D eigenvalue weighted by Gasteiger charge is 2.41. The summed E-state index contributed by atoms with van der Waals surface area (Å²) in [6, 6.07) is 30.7. The third-order valence-electron chi connectivity index (χ3n) is 7.46. The number of phenols is 1. The van der Waals surface area contributed by atoms with Crippen molar-refractivity contribution in [2.75, 3.05) is 17.0 Å². The number of anilines is 2. The molecule has 8 rings (SSSR count). The van der Waals surface area contributed by atoms with E-state index in [0.717, 1.165) is 39.6 Å². The van der Waals surface area contributed by atoms with E-state index >= 15 is 0 Å².